The summed E-state index contributed by atoms with van der Waals surface area (Å²) in [5.41, 5.74) is 1.56. The lowest BCUT2D eigenvalue weighted by molar-refractivity contribution is -0.384. The van der Waals surface area contributed by atoms with Gasteiger partial charge >= 0.3 is 0 Å². The number of nitro benzene ring substituents is 1. The van der Waals surface area contributed by atoms with E-state index in [0.29, 0.717) is 5.82 Å². The summed E-state index contributed by atoms with van der Waals surface area (Å²) in [6.45, 7) is -0.160. The van der Waals surface area contributed by atoms with E-state index in [9.17, 15) is 10.1 Å². The van der Waals surface area contributed by atoms with Crippen LogP contribution in [0.5, 0.6) is 0 Å². The monoisotopic (exact) mass is 219 g/mol. The van der Waals surface area contributed by atoms with E-state index in [4.69, 9.17) is 5.11 Å². The summed E-state index contributed by atoms with van der Waals surface area (Å²) in [4.78, 5) is 16.8. The molecule has 0 aliphatic carbocycles. The first-order chi connectivity index (χ1) is 7.70. The van der Waals surface area contributed by atoms with Crippen LogP contribution in [-0.4, -0.2) is 20.0 Å². The highest BCUT2D eigenvalue weighted by molar-refractivity contribution is 5.60. The summed E-state index contributed by atoms with van der Waals surface area (Å²) in [5, 5.41) is 19.3. The number of aromatic amines is 1. The van der Waals surface area contributed by atoms with Gasteiger partial charge in [0.1, 0.15) is 12.4 Å². The lowest BCUT2D eigenvalue weighted by atomic mass is 10.1. The van der Waals surface area contributed by atoms with Crippen LogP contribution in [0.1, 0.15) is 5.82 Å². The van der Waals surface area contributed by atoms with Crippen molar-refractivity contribution in [2.24, 2.45) is 0 Å². The summed E-state index contributed by atoms with van der Waals surface area (Å²) < 4.78 is 0. The Hall–Kier alpha value is -2.21. The third-order valence-electron chi connectivity index (χ3n) is 2.17. The number of hydrogen-bond donors (Lipinski definition) is 2. The number of nitro groups is 1. The molecule has 6 heteroatoms. The maximum absolute atomic E-state index is 10.5. The molecule has 82 valence electrons. The molecule has 2 rings (SSSR count). The first kappa shape index (κ1) is 10.3. The van der Waals surface area contributed by atoms with Gasteiger partial charge in [-0.1, -0.05) is 0 Å². The molecule has 1 aromatic heterocycles. The normalized spacial score (nSPS) is 10.3. The number of nitrogens with zero attached hydrogens (tertiary/aromatic N) is 2. The summed E-state index contributed by atoms with van der Waals surface area (Å²) in [7, 11) is 0. The predicted molar refractivity (Wildman–Crippen MR) is 56.6 cm³/mol. The van der Waals surface area contributed by atoms with E-state index in [1.807, 2.05) is 0 Å². The van der Waals surface area contributed by atoms with Crippen LogP contribution in [0, 0.1) is 10.1 Å². The van der Waals surface area contributed by atoms with Crippen molar-refractivity contribution in [1.82, 2.24) is 9.97 Å². The van der Waals surface area contributed by atoms with Gasteiger partial charge in [0, 0.05) is 17.7 Å². The van der Waals surface area contributed by atoms with E-state index in [2.05, 4.69) is 9.97 Å². The van der Waals surface area contributed by atoms with Gasteiger partial charge in [0.15, 0.2) is 0 Å². The Morgan fingerprint density at radius 3 is 2.56 bits per heavy atom. The number of H-pyrrole nitrogens is 1. The number of aromatic nitrogens is 2. The summed E-state index contributed by atoms with van der Waals surface area (Å²) >= 11 is 0. The Bertz CT molecular complexity index is 504. The Morgan fingerprint density at radius 2 is 2.06 bits per heavy atom. The van der Waals surface area contributed by atoms with Crippen LogP contribution < -0.4 is 0 Å². The smallest absolute Gasteiger partial charge is 0.269 e. The highest BCUT2D eigenvalue weighted by Gasteiger charge is 2.06. The molecule has 0 amide bonds. The summed E-state index contributed by atoms with van der Waals surface area (Å²) in [5.74, 6) is 0.466. The number of nitrogens with one attached hydrogen (secondary N) is 1. The van der Waals surface area contributed by atoms with Crippen molar-refractivity contribution in [3.05, 3.63) is 46.4 Å². The molecule has 6 nitrogen and oxygen atoms in total. The summed E-state index contributed by atoms with van der Waals surface area (Å²) in [6, 6.07) is 6.11. The van der Waals surface area contributed by atoms with Crippen LogP contribution in [0.15, 0.2) is 30.5 Å². The number of aliphatic hydroxyl groups is 1. The van der Waals surface area contributed by atoms with Crippen LogP contribution in [0.2, 0.25) is 0 Å². The standard InChI is InChI=1S/C10H9N3O3/c14-6-10-11-5-9(12-10)7-1-3-8(4-2-7)13(15)16/h1-5,14H,6H2,(H,11,12). The van der Waals surface area contributed by atoms with Gasteiger partial charge in [-0.3, -0.25) is 10.1 Å². The van der Waals surface area contributed by atoms with Crippen molar-refractivity contribution < 1.29 is 10.0 Å². The van der Waals surface area contributed by atoms with Gasteiger partial charge in [0.2, 0.25) is 0 Å². The number of hydrogen-bond acceptors (Lipinski definition) is 4. The molecule has 0 bridgehead atoms. The quantitative estimate of drug-likeness (QED) is 0.604. The van der Waals surface area contributed by atoms with Gasteiger partial charge in [0.25, 0.3) is 5.69 Å². The molecule has 0 spiro atoms. The number of non-ortho nitro benzene ring substituents is 1. The van der Waals surface area contributed by atoms with E-state index < -0.39 is 4.92 Å². The van der Waals surface area contributed by atoms with Crippen molar-refractivity contribution in [1.29, 1.82) is 0 Å². The van der Waals surface area contributed by atoms with Crippen molar-refractivity contribution in [2.75, 3.05) is 0 Å². The van der Waals surface area contributed by atoms with Gasteiger partial charge < -0.3 is 10.1 Å². The first-order valence-electron chi connectivity index (χ1n) is 4.60. The molecule has 16 heavy (non-hydrogen) atoms. The van der Waals surface area contributed by atoms with Gasteiger partial charge in [-0.05, 0) is 12.1 Å². The maximum atomic E-state index is 10.5. The number of imidazole rings is 1. The largest absolute Gasteiger partial charge is 0.388 e. The molecule has 1 aromatic carbocycles. The van der Waals surface area contributed by atoms with Crippen LogP contribution in [0.4, 0.5) is 5.69 Å². The summed E-state index contributed by atoms with van der Waals surface area (Å²) in [6.07, 6.45) is 1.58. The van der Waals surface area contributed by atoms with Gasteiger partial charge in [-0.2, -0.15) is 0 Å². The molecular formula is C10H9N3O3. The van der Waals surface area contributed by atoms with E-state index in [-0.39, 0.29) is 12.3 Å². The molecule has 0 saturated carbocycles. The van der Waals surface area contributed by atoms with Crippen molar-refractivity contribution in [2.45, 2.75) is 6.61 Å². The maximum Gasteiger partial charge on any atom is 0.269 e. The number of benzene rings is 1. The lowest BCUT2D eigenvalue weighted by Gasteiger charge is -1.96. The molecule has 0 unspecified atom stereocenters. The van der Waals surface area contributed by atoms with E-state index in [0.717, 1.165) is 11.3 Å². The molecule has 2 N–H and O–H groups in total. The fraction of sp³-hybridized carbons (Fsp3) is 0.100. The highest BCUT2D eigenvalue weighted by atomic mass is 16.6. The molecule has 0 radical (unpaired) electrons. The van der Waals surface area contributed by atoms with Crippen molar-refractivity contribution >= 4 is 5.69 Å². The fourth-order valence-electron chi connectivity index (χ4n) is 1.35. The van der Waals surface area contributed by atoms with Crippen molar-refractivity contribution in [3.63, 3.8) is 0 Å². The lowest BCUT2D eigenvalue weighted by Crippen LogP contribution is -1.87. The average Bonchev–Trinajstić information content (AvgIpc) is 2.77. The van der Waals surface area contributed by atoms with E-state index in [1.165, 1.54) is 12.1 Å². The van der Waals surface area contributed by atoms with Gasteiger partial charge in [0.05, 0.1) is 16.8 Å². The minimum absolute atomic E-state index is 0.0469. The molecule has 1 heterocycles. The van der Waals surface area contributed by atoms with Gasteiger partial charge in [-0.15, -0.1) is 0 Å². The average molecular weight is 219 g/mol. The highest BCUT2D eigenvalue weighted by Crippen LogP contribution is 2.20. The Balaban J connectivity index is 2.30. The minimum atomic E-state index is -0.449. The van der Waals surface area contributed by atoms with E-state index >= 15 is 0 Å². The fourth-order valence-corrected chi connectivity index (χ4v) is 1.35. The molecule has 0 aliphatic heterocycles. The topological polar surface area (TPSA) is 92.1 Å². The zero-order valence-electron chi connectivity index (χ0n) is 8.25. The number of aliphatic hydroxyl groups excluding tert-OH is 1. The Morgan fingerprint density at radius 1 is 1.38 bits per heavy atom. The third kappa shape index (κ3) is 1.91. The number of rotatable bonds is 3. The van der Waals surface area contributed by atoms with Gasteiger partial charge in [-0.25, -0.2) is 4.98 Å². The van der Waals surface area contributed by atoms with Crippen LogP contribution in [0.3, 0.4) is 0 Å². The first-order valence-corrected chi connectivity index (χ1v) is 4.60. The predicted octanol–water partition coefficient (Wildman–Crippen LogP) is 1.48. The SMILES string of the molecule is O=[N+]([O-])c1ccc(-c2cnc(CO)[nH]2)cc1. The van der Waals surface area contributed by atoms with Crippen molar-refractivity contribution in [3.8, 4) is 11.3 Å². The molecule has 0 fully saturated rings. The molecule has 0 saturated heterocycles. The second-order valence-electron chi connectivity index (χ2n) is 3.21. The van der Waals surface area contributed by atoms with E-state index in [1.54, 1.807) is 18.3 Å². The van der Waals surface area contributed by atoms with Crippen LogP contribution >= 0.6 is 0 Å². The minimum Gasteiger partial charge on any atom is -0.388 e. The molecule has 2 aromatic rings. The molecule has 0 aliphatic rings. The zero-order valence-corrected chi connectivity index (χ0v) is 8.25. The molecule has 0 atom stereocenters. The van der Waals surface area contributed by atoms with Crippen LogP contribution in [0.25, 0.3) is 11.3 Å². The third-order valence-corrected chi connectivity index (χ3v) is 2.17. The Kier molecular flexibility index (Phi) is 2.65. The molecular weight excluding hydrogens is 210 g/mol. The Labute approximate surface area is 90.7 Å². The zero-order chi connectivity index (χ0) is 11.5. The second-order valence-corrected chi connectivity index (χ2v) is 3.21. The second kappa shape index (κ2) is 4.11. The van der Waals surface area contributed by atoms with Crippen LogP contribution in [-0.2, 0) is 6.61 Å².